The van der Waals surface area contributed by atoms with Gasteiger partial charge in [-0.25, -0.2) is 4.79 Å². The molecule has 0 fully saturated rings. The molecule has 0 spiro atoms. The molecule has 0 saturated carbocycles. The standard InChI is InChI=1S/C9H6ClNO3/c10-7-5-6(9(12)13)1-2-8(7)14-4-3-11/h1-2,5H,4H2,(H,12,13). The third-order valence-electron chi connectivity index (χ3n) is 1.47. The predicted molar refractivity (Wildman–Crippen MR) is 49.5 cm³/mol. The third-order valence-corrected chi connectivity index (χ3v) is 1.77. The van der Waals surface area contributed by atoms with Gasteiger partial charge in [0, 0.05) is 0 Å². The Morgan fingerprint density at radius 3 is 2.86 bits per heavy atom. The van der Waals surface area contributed by atoms with E-state index in [9.17, 15) is 4.79 Å². The molecule has 1 rings (SSSR count). The molecule has 5 heteroatoms. The molecule has 1 aromatic rings. The van der Waals surface area contributed by atoms with Crippen LogP contribution in [0.4, 0.5) is 0 Å². The maximum atomic E-state index is 10.5. The van der Waals surface area contributed by atoms with Crippen LogP contribution in [0.3, 0.4) is 0 Å². The summed E-state index contributed by atoms with van der Waals surface area (Å²) < 4.78 is 4.93. The number of hydrogen-bond acceptors (Lipinski definition) is 3. The first-order chi connectivity index (χ1) is 6.65. The van der Waals surface area contributed by atoms with Crippen LogP contribution in [-0.2, 0) is 0 Å². The minimum atomic E-state index is -1.06. The second-order valence-electron chi connectivity index (χ2n) is 2.40. The van der Waals surface area contributed by atoms with E-state index in [1.54, 1.807) is 6.07 Å². The molecule has 0 unspecified atom stereocenters. The van der Waals surface area contributed by atoms with Crippen LogP contribution in [0.2, 0.25) is 5.02 Å². The van der Waals surface area contributed by atoms with Gasteiger partial charge in [0.05, 0.1) is 10.6 Å². The van der Waals surface area contributed by atoms with Gasteiger partial charge in [0.15, 0.2) is 6.61 Å². The van der Waals surface area contributed by atoms with E-state index in [0.29, 0.717) is 5.75 Å². The van der Waals surface area contributed by atoms with E-state index in [0.717, 1.165) is 0 Å². The molecule has 0 radical (unpaired) electrons. The minimum Gasteiger partial charge on any atom is -0.478 e. The van der Waals surface area contributed by atoms with Crippen LogP contribution in [0.5, 0.6) is 5.75 Å². The summed E-state index contributed by atoms with van der Waals surface area (Å²) >= 11 is 5.71. The quantitative estimate of drug-likeness (QED) is 0.830. The lowest BCUT2D eigenvalue weighted by atomic mass is 10.2. The molecule has 14 heavy (non-hydrogen) atoms. The topological polar surface area (TPSA) is 70.3 Å². The highest BCUT2D eigenvalue weighted by Gasteiger charge is 2.07. The van der Waals surface area contributed by atoms with Crippen molar-refractivity contribution in [3.05, 3.63) is 28.8 Å². The zero-order valence-electron chi connectivity index (χ0n) is 7.03. The molecule has 0 bridgehead atoms. The first-order valence-electron chi connectivity index (χ1n) is 3.67. The number of rotatable bonds is 3. The fourth-order valence-electron chi connectivity index (χ4n) is 0.861. The van der Waals surface area contributed by atoms with Crippen molar-refractivity contribution in [1.82, 2.24) is 0 Å². The predicted octanol–water partition coefficient (Wildman–Crippen LogP) is 1.94. The van der Waals surface area contributed by atoms with Gasteiger partial charge in [-0.2, -0.15) is 5.26 Å². The molecule has 1 aromatic carbocycles. The van der Waals surface area contributed by atoms with Gasteiger partial charge in [0.1, 0.15) is 11.8 Å². The van der Waals surface area contributed by atoms with Crippen LogP contribution in [0.1, 0.15) is 10.4 Å². The van der Waals surface area contributed by atoms with Gasteiger partial charge in [-0.05, 0) is 18.2 Å². The van der Waals surface area contributed by atoms with Gasteiger partial charge in [-0.15, -0.1) is 0 Å². The Kier molecular flexibility index (Phi) is 3.32. The van der Waals surface area contributed by atoms with Crippen LogP contribution in [0.15, 0.2) is 18.2 Å². The fraction of sp³-hybridized carbons (Fsp3) is 0.111. The number of benzene rings is 1. The van der Waals surface area contributed by atoms with Gasteiger partial charge >= 0.3 is 5.97 Å². The van der Waals surface area contributed by atoms with E-state index in [2.05, 4.69) is 0 Å². The summed E-state index contributed by atoms with van der Waals surface area (Å²) in [6.45, 7) is -0.119. The number of carbonyl (C=O) groups is 1. The number of nitrogens with zero attached hydrogens (tertiary/aromatic N) is 1. The summed E-state index contributed by atoms with van der Waals surface area (Å²) in [5.74, 6) is -0.753. The van der Waals surface area contributed by atoms with E-state index in [4.69, 9.17) is 26.7 Å². The zero-order valence-corrected chi connectivity index (χ0v) is 7.78. The summed E-state index contributed by atoms with van der Waals surface area (Å²) in [4.78, 5) is 10.5. The molecule has 72 valence electrons. The Labute approximate surface area is 85.3 Å². The summed E-state index contributed by atoms with van der Waals surface area (Å²) in [6, 6.07) is 5.84. The first kappa shape index (κ1) is 10.4. The number of aromatic carboxylic acids is 1. The van der Waals surface area contributed by atoms with E-state index < -0.39 is 5.97 Å². The molecule has 0 saturated heterocycles. The lowest BCUT2D eigenvalue weighted by Crippen LogP contribution is -1.98. The van der Waals surface area contributed by atoms with Crippen molar-refractivity contribution in [2.75, 3.05) is 6.61 Å². The molecule has 4 nitrogen and oxygen atoms in total. The fourth-order valence-corrected chi connectivity index (χ4v) is 1.10. The molecule has 0 aliphatic rings. The largest absolute Gasteiger partial charge is 0.478 e. The van der Waals surface area contributed by atoms with Gasteiger partial charge in [0.25, 0.3) is 0 Å². The summed E-state index contributed by atoms with van der Waals surface area (Å²) in [5, 5.41) is 17.1. The smallest absolute Gasteiger partial charge is 0.335 e. The molecule has 0 aliphatic heterocycles. The van der Waals surface area contributed by atoms with Gasteiger partial charge in [-0.3, -0.25) is 0 Å². The van der Waals surface area contributed by atoms with E-state index in [1.807, 2.05) is 0 Å². The Morgan fingerprint density at radius 1 is 1.64 bits per heavy atom. The lowest BCUT2D eigenvalue weighted by Gasteiger charge is -2.04. The monoisotopic (exact) mass is 211 g/mol. The molecule has 0 atom stereocenters. The number of hydrogen-bond donors (Lipinski definition) is 1. The number of nitriles is 1. The second kappa shape index (κ2) is 4.49. The van der Waals surface area contributed by atoms with Crippen LogP contribution < -0.4 is 4.74 Å². The Hall–Kier alpha value is -1.73. The van der Waals surface area contributed by atoms with Crippen LogP contribution in [0.25, 0.3) is 0 Å². The van der Waals surface area contributed by atoms with Gasteiger partial charge in [0.2, 0.25) is 0 Å². The normalized spacial score (nSPS) is 9.14. The second-order valence-corrected chi connectivity index (χ2v) is 2.80. The number of carboxylic acid groups (broad SMARTS) is 1. The molecule has 0 aromatic heterocycles. The molecule has 0 heterocycles. The van der Waals surface area contributed by atoms with Crippen LogP contribution >= 0.6 is 11.6 Å². The maximum absolute atomic E-state index is 10.5. The van der Waals surface area contributed by atoms with E-state index in [-0.39, 0.29) is 17.2 Å². The Balaban J connectivity index is 2.91. The summed E-state index contributed by atoms with van der Waals surface area (Å²) in [6.07, 6.45) is 0. The summed E-state index contributed by atoms with van der Waals surface area (Å²) in [5.41, 5.74) is 0.0827. The number of halogens is 1. The third kappa shape index (κ3) is 2.38. The summed E-state index contributed by atoms with van der Waals surface area (Å²) in [7, 11) is 0. The van der Waals surface area contributed by atoms with Crippen LogP contribution in [-0.4, -0.2) is 17.7 Å². The van der Waals surface area contributed by atoms with E-state index >= 15 is 0 Å². The Morgan fingerprint density at radius 2 is 2.36 bits per heavy atom. The highest BCUT2D eigenvalue weighted by atomic mass is 35.5. The molecular formula is C9H6ClNO3. The molecular weight excluding hydrogens is 206 g/mol. The highest BCUT2D eigenvalue weighted by molar-refractivity contribution is 6.32. The van der Waals surface area contributed by atoms with Crippen molar-refractivity contribution in [2.45, 2.75) is 0 Å². The number of carboxylic acids is 1. The minimum absolute atomic E-state index is 0.0827. The average molecular weight is 212 g/mol. The van der Waals surface area contributed by atoms with Gasteiger partial charge < -0.3 is 9.84 Å². The van der Waals surface area contributed by atoms with E-state index in [1.165, 1.54) is 18.2 Å². The van der Waals surface area contributed by atoms with Crippen molar-refractivity contribution in [3.63, 3.8) is 0 Å². The highest BCUT2D eigenvalue weighted by Crippen LogP contribution is 2.25. The maximum Gasteiger partial charge on any atom is 0.335 e. The van der Waals surface area contributed by atoms with Crippen molar-refractivity contribution < 1.29 is 14.6 Å². The van der Waals surface area contributed by atoms with Crippen molar-refractivity contribution >= 4 is 17.6 Å². The molecule has 0 aliphatic carbocycles. The zero-order chi connectivity index (χ0) is 10.6. The van der Waals surface area contributed by atoms with Crippen LogP contribution in [0, 0.1) is 11.3 Å². The average Bonchev–Trinajstić information content (AvgIpc) is 2.15. The molecule has 1 N–H and O–H groups in total. The Bertz CT molecular complexity index is 398. The molecule has 0 amide bonds. The van der Waals surface area contributed by atoms with Gasteiger partial charge in [-0.1, -0.05) is 11.6 Å². The SMILES string of the molecule is N#CCOc1ccc(C(=O)O)cc1Cl. The first-order valence-corrected chi connectivity index (χ1v) is 4.05. The lowest BCUT2D eigenvalue weighted by molar-refractivity contribution is 0.0697. The van der Waals surface area contributed by atoms with Crippen molar-refractivity contribution in [2.24, 2.45) is 0 Å². The number of ether oxygens (including phenoxy) is 1. The van der Waals surface area contributed by atoms with Crippen molar-refractivity contribution in [3.8, 4) is 11.8 Å². The van der Waals surface area contributed by atoms with Crippen molar-refractivity contribution in [1.29, 1.82) is 5.26 Å².